The van der Waals surface area contributed by atoms with Crippen molar-refractivity contribution in [3.05, 3.63) is 35.4 Å². The highest BCUT2D eigenvalue weighted by atomic mass is 128. The average Bonchev–Trinajstić information content (AvgIpc) is 2.33. The van der Waals surface area contributed by atoms with E-state index in [0.29, 0.717) is 0 Å². The lowest BCUT2D eigenvalue weighted by atomic mass is 10.0. The largest absolute Gasteiger partial charge is 0.469 e. The quantitative estimate of drug-likeness (QED) is 0.516. The summed E-state index contributed by atoms with van der Waals surface area (Å²) in [4.78, 5) is 11.2. The number of benzene rings is 1. The molecule has 0 aliphatic rings. The van der Waals surface area contributed by atoms with Crippen LogP contribution in [-0.4, -0.2) is 13.1 Å². The Balaban J connectivity index is 0.00000106. The third kappa shape index (κ3) is 6.03. The third-order valence-corrected chi connectivity index (χ3v) is 2.27. The molecule has 1 aromatic rings. The molecule has 0 bridgehead atoms. The fourth-order valence-electron chi connectivity index (χ4n) is 1.36. The van der Waals surface area contributed by atoms with Gasteiger partial charge in [0.05, 0.1) is 13.0 Å². The minimum Gasteiger partial charge on any atom is -0.469 e. The Morgan fingerprint density at radius 1 is 1.31 bits per heavy atom. The number of hydrogen-bond donors (Lipinski definition) is 0. The predicted molar refractivity (Wildman–Crippen MR) is 84.1 cm³/mol. The third-order valence-electron chi connectivity index (χ3n) is 2.27. The molecule has 0 fully saturated rings. The van der Waals surface area contributed by atoms with Crippen molar-refractivity contribution in [1.29, 1.82) is 0 Å². The van der Waals surface area contributed by atoms with Crippen molar-refractivity contribution in [3.63, 3.8) is 0 Å². The first kappa shape index (κ1) is 16.1. The Morgan fingerprint density at radius 3 is 2.25 bits per heavy atom. The molecule has 1 aromatic carbocycles. The van der Waals surface area contributed by atoms with Crippen LogP contribution >= 0.6 is 37.2 Å². The van der Waals surface area contributed by atoms with E-state index < -0.39 is 0 Å². The summed E-state index contributed by atoms with van der Waals surface area (Å²) in [6, 6.07) is 8.21. The zero-order valence-electron chi connectivity index (χ0n) is 9.67. The van der Waals surface area contributed by atoms with E-state index in [1.807, 2.05) is 13.8 Å². The van der Waals surface area contributed by atoms with Gasteiger partial charge in [-0.25, -0.2) is 0 Å². The van der Waals surface area contributed by atoms with E-state index in [4.69, 9.17) is 0 Å². The molecule has 0 amide bonds. The van der Waals surface area contributed by atoms with Gasteiger partial charge in [-0.15, -0.1) is 0 Å². The van der Waals surface area contributed by atoms with Gasteiger partial charge in [0.2, 0.25) is 0 Å². The second-order valence-corrected chi connectivity index (χ2v) is 3.61. The maximum absolute atomic E-state index is 11.2. The molecule has 90 valence electrons. The summed E-state index contributed by atoms with van der Waals surface area (Å²) in [5.74, 6) is -0.215. The number of halogens is 2. The van der Waals surface area contributed by atoms with E-state index in [9.17, 15) is 4.79 Å². The van der Waals surface area contributed by atoms with Crippen LogP contribution in [0.5, 0.6) is 0 Å². The summed E-state index contributed by atoms with van der Waals surface area (Å²) in [5.41, 5.74) is 2.41. The number of ether oxygens (including phenoxy) is 1. The first-order chi connectivity index (χ1) is 7.63. The summed E-state index contributed by atoms with van der Waals surface area (Å²) in [7, 11) is 1.42. The topological polar surface area (TPSA) is 26.3 Å². The van der Waals surface area contributed by atoms with Gasteiger partial charge in [-0.3, -0.25) is 4.79 Å². The Hall–Kier alpha value is 0.150. The van der Waals surface area contributed by atoms with Crippen LogP contribution in [0.1, 0.15) is 18.1 Å². The predicted octanol–water partition coefficient (Wildman–Crippen LogP) is 4.12. The Labute approximate surface area is 120 Å². The van der Waals surface area contributed by atoms with Crippen molar-refractivity contribution in [1.82, 2.24) is 0 Å². The van der Waals surface area contributed by atoms with Crippen LogP contribution in [0.4, 0.5) is 0 Å². The molecule has 0 saturated carbocycles. The molecule has 1 rings (SSSR count). The van der Waals surface area contributed by atoms with Gasteiger partial charge in [-0.1, -0.05) is 36.8 Å². The Bertz CT molecular complexity index is 309. The van der Waals surface area contributed by atoms with Crippen LogP contribution in [0.3, 0.4) is 0 Å². The molecule has 0 unspecified atom stereocenters. The molecule has 2 nitrogen and oxygen atoms in total. The van der Waals surface area contributed by atoms with Gasteiger partial charge < -0.3 is 4.74 Å². The highest BCUT2D eigenvalue weighted by molar-refractivity contribution is 15.0. The molecule has 0 N–H and O–H groups in total. The first-order valence-electron chi connectivity index (χ1n) is 4.91. The SMILES string of the molecule is COC(=O)[C@@H](C)Cc1ccc(C)cc1.II. The lowest BCUT2D eigenvalue weighted by Gasteiger charge is -2.08. The van der Waals surface area contributed by atoms with Crippen LogP contribution in [0.25, 0.3) is 0 Å². The summed E-state index contributed by atoms with van der Waals surface area (Å²) in [6.07, 6.45) is 0.743. The molecule has 0 aromatic heterocycles. The normalized spacial score (nSPS) is 11.1. The summed E-state index contributed by atoms with van der Waals surface area (Å²) < 4.78 is 4.67. The second-order valence-electron chi connectivity index (χ2n) is 3.61. The van der Waals surface area contributed by atoms with Crippen LogP contribution in [-0.2, 0) is 16.0 Å². The average molecular weight is 446 g/mol. The summed E-state index contributed by atoms with van der Waals surface area (Å²) in [5, 5.41) is 0. The van der Waals surface area contributed by atoms with E-state index >= 15 is 0 Å². The number of rotatable bonds is 3. The second kappa shape index (κ2) is 9.21. The number of aryl methyl sites for hydroxylation is 1. The molecule has 0 spiro atoms. The lowest BCUT2D eigenvalue weighted by molar-refractivity contribution is -0.144. The zero-order chi connectivity index (χ0) is 12.6. The van der Waals surface area contributed by atoms with Crippen molar-refractivity contribution in [3.8, 4) is 0 Å². The van der Waals surface area contributed by atoms with Gasteiger partial charge in [0, 0.05) is 37.2 Å². The molecule has 0 radical (unpaired) electrons. The molecule has 16 heavy (non-hydrogen) atoms. The van der Waals surface area contributed by atoms with Crippen molar-refractivity contribution in [2.45, 2.75) is 20.3 Å². The fraction of sp³-hybridized carbons (Fsp3) is 0.417. The summed E-state index contributed by atoms with van der Waals surface area (Å²) >= 11 is 4.24. The van der Waals surface area contributed by atoms with Crippen LogP contribution in [0, 0.1) is 12.8 Å². The molecule has 0 aliphatic carbocycles. The first-order valence-corrected chi connectivity index (χ1v) is 11.2. The van der Waals surface area contributed by atoms with Gasteiger partial charge in [0.1, 0.15) is 0 Å². The van der Waals surface area contributed by atoms with Gasteiger partial charge >= 0.3 is 5.97 Å². The number of methoxy groups -OCH3 is 1. The van der Waals surface area contributed by atoms with Crippen LogP contribution in [0.2, 0.25) is 0 Å². The maximum atomic E-state index is 11.2. The van der Waals surface area contributed by atoms with Gasteiger partial charge in [0.25, 0.3) is 0 Å². The molecule has 1 atom stereocenters. The maximum Gasteiger partial charge on any atom is 0.308 e. The molecule has 0 aliphatic heterocycles. The highest BCUT2D eigenvalue weighted by Crippen LogP contribution is 2.10. The van der Waals surface area contributed by atoms with Crippen molar-refractivity contribution in [2.75, 3.05) is 7.11 Å². The van der Waals surface area contributed by atoms with Gasteiger partial charge in [0.15, 0.2) is 0 Å². The standard InChI is InChI=1S/C12H16O2.I2/c1-9-4-6-11(7-5-9)8-10(2)12(13)14-3;1-2/h4-7,10H,8H2,1-3H3;/t10-;/m0./s1. The Morgan fingerprint density at radius 2 is 1.81 bits per heavy atom. The van der Waals surface area contributed by atoms with Crippen molar-refractivity contribution < 1.29 is 9.53 Å². The number of esters is 1. The van der Waals surface area contributed by atoms with E-state index in [1.165, 1.54) is 18.2 Å². The smallest absolute Gasteiger partial charge is 0.308 e. The molecular formula is C12H16I2O2. The zero-order valence-corrected chi connectivity index (χ0v) is 14.0. The van der Waals surface area contributed by atoms with Crippen LogP contribution in [0.15, 0.2) is 24.3 Å². The highest BCUT2D eigenvalue weighted by Gasteiger charge is 2.12. The number of carbonyl (C=O) groups is 1. The number of hydrogen-bond acceptors (Lipinski definition) is 2. The monoisotopic (exact) mass is 446 g/mol. The molecular weight excluding hydrogens is 430 g/mol. The van der Waals surface area contributed by atoms with Crippen molar-refractivity contribution >= 4 is 43.2 Å². The van der Waals surface area contributed by atoms with E-state index in [-0.39, 0.29) is 11.9 Å². The molecule has 4 heteroatoms. The van der Waals surface area contributed by atoms with E-state index in [0.717, 1.165) is 6.42 Å². The Kier molecular flexibility index (Phi) is 9.29. The number of carbonyl (C=O) groups excluding carboxylic acids is 1. The summed E-state index contributed by atoms with van der Waals surface area (Å²) in [6.45, 7) is 3.93. The molecule has 0 heterocycles. The van der Waals surface area contributed by atoms with E-state index in [1.54, 1.807) is 0 Å². The minimum absolute atomic E-state index is 0.0669. The van der Waals surface area contributed by atoms with Gasteiger partial charge in [-0.05, 0) is 18.9 Å². The van der Waals surface area contributed by atoms with Gasteiger partial charge in [-0.2, -0.15) is 0 Å². The molecule has 0 saturated heterocycles. The van der Waals surface area contributed by atoms with E-state index in [2.05, 4.69) is 66.2 Å². The lowest BCUT2D eigenvalue weighted by Crippen LogP contribution is -2.14. The fourth-order valence-corrected chi connectivity index (χ4v) is 1.36. The minimum atomic E-state index is -0.148. The van der Waals surface area contributed by atoms with Crippen molar-refractivity contribution in [2.24, 2.45) is 5.92 Å². The van der Waals surface area contributed by atoms with Crippen LogP contribution < -0.4 is 0 Å².